The van der Waals surface area contributed by atoms with Crippen LogP contribution in [0.1, 0.15) is 16.7 Å². The van der Waals surface area contributed by atoms with Gasteiger partial charge in [0.2, 0.25) is 0 Å². The van der Waals surface area contributed by atoms with Crippen molar-refractivity contribution >= 4 is 23.1 Å². The molecule has 0 unspecified atom stereocenters. The normalized spacial score (nSPS) is 13.8. The maximum absolute atomic E-state index is 12.2. The molecule has 1 aliphatic rings. The molecule has 1 saturated heterocycles. The Morgan fingerprint density at radius 2 is 1.86 bits per heavy atom. The third-order valence-electron chi connectivity index (χ3n) is 4.39. The van der Waals surface area contributed by atoms with E-state index in [1.54, 1.807) is 12.1 Å². The molecule has 0 saturated carbocycles. The van der Waals surface area contributed by atoms with E-state index in [-0.39, 0.29) is 5.24 Å². The molecule has 0 bridgehead atoms. The Hall–Kier alpha value is -2.51. The number of thioether (sulfide) groups is 1. The molecule has 0 spiro atoms. The smallest absolute Gasteiger partial charge is 0.410 e. The number of carbonyl (C=O) groups excluding carboxylic acids is 2. The van der Waals surface area contributed by atoms with Crippen molar-refractivity contribution in [1.29, 1.82) is 0 Å². The molecule has 28 heavy (non-hydrogen) atoms. The van der Waals surface area contributed by atoms with Crippen molar-refractivity contribution in [2.75, 3.05) is 26.2 Å². The molecule has 148 valence electrons. The lowest BCUT2D eigenvalue weighted by Crippen LogP contribution is -2.45. The van der Waals surface area contributed by atoms with Gasteiger partial charge in [-0.25, -0.2) is 4.79 Å². The van der Waals surface area contributed by atoms with Crippen molar-refractivity contribution < 1.29 is 14.3 Å². The van der Waals surface area contributed by atoms with Crippen molar-refractivity contribution in [3.8, 4) is 5.75 Å². The van der Waals surface area contributed by atoms with Crippen LogP contribution in [0.15, 0.2) is 48.5 Å². The molecule has 1 fully saturated rings. The summed E-state index contributed by atoms with van der Waals surface area (Å²) in [5.74, 6) is 1.08. The number of hydrogen-bond donors (Lipinski definition) is 2. The van der Waals surface area contributed by atoms with Crippen LogP contribution in [0.3, 0.4) is 0 Å². The molecule has 2 amide bonds. The van der Waals surface area contributed by atoms with E-state index in [9.17, 15) is 9.59 Å². The average molecular weight is 400 g/mol. The molecule has 7 heteroatoms. The van der Waals surface area contributed by atoms with E-state index in [1.165, 1.54) is 11.8 Å². The molecule has 2 aromatic rings. The number of aryl methyl sites for hydroxylation is 1. The molecule has 2 aromatic carbocycles. The predicted molar refractivity (Wildman–Crippen MR) is 112 cm³/mol. The largest absolute Gasteiger partial charge is 0.412 e. The Labute approximate surface area is 169 Å². The zero-order chi connectivity index (χ0) is 19.8. The second-order valence-electron chi connectivity index (χ2n) is 6.67. The number of rotatable bonds is 5. The maximum Gasteiger partial charge on any atom is 0.412 e. The van der Waals surface area contributed by atoms with Crippen LogP contribution in [-0.2, 0) is 12.3 Å². The van der Waals surface area contributed by atoms with Gasteiger partial charge in [0.25, 0.3) is 5.24 Å². The molecule has 2 N–H and O–H groups in total. The van der Waals surface area contributed by atoms with Crippen LogP contribution in [-0.4, -0.2) is 42.4 Å². The van der Waals surface area contributed by atoms with Crippen LogP contribution in [0.2, 0.25) is 0 Å². The SMILES string of the molecule is Cc1cccc(CNC(=O)Oc2ccc(CSC(=O)N3CCNCC3)cc2)c1. The first kappa shape index (κ1) is 20.2. The Kier molecular flexibility index (Phi) is 7.33. The lowest BCUT2D eigenvalue weighted by atomic mass is 10.1. The molecular weight excluding hydrogens is 374 g/mol. The van der Waals surface area contributed by atoms with Gasteiger partial charge in [0, 0.05) is 38.5 Å². The van der Waals surface area contributed by atoms with E-state index < -0.39 is 6.09 Å². The Balaban J connectivity index is 1.42. The molecule has 3 rings (SSSR count). The summed E-state index contributed by atoms with van der Waals surface area (Å²) in [6, 6.07) is 15.2. The Morgan fingerprint density at radius 3 is 2.57 bits per heavy atom. The average Bonchev–Trinajstić information content (AvgIpc) is 2.72. The fourth-order valence-corrected chi connectivity index (χ4v) is 3.72. The van der Waals surface area contributed by atoms with Crippen LogP contribution in [0.25, 0.3) is 0 Å². The minimum Gasteiger partial charge on any atom is -0.410 e. The lowest BCUT2D eigenvalue weighted by Gasteiger charge is -2.26. The van der Waals surface area contributed by atoms with E-state index in [0.717, 1.165) is 42.9 Å². The van der Waals surface area contributed by atoms with E-state index in [2.05, 4.69) is 10.6 Å². The van der Waals surface area contributed by atoms with E-state index in [1.807, 2.05) is 48.2 Å². The number of amides is 2. The lowest BCUT2D eigenvalue weighted by molar-refractivity contribution is 0.200. The van der Waals surface area contributed by atoms with E-state index >= 15 is 0 Å². The van der Waals surface area contributed by atoms with Crippen molar-refractivity contribution in [2.24, 2.45) is 0 Å². The van der Waals surface area contributed by atoms with Crippen LogP contribution in [0, 0.1) is 6.92 Å². The maximum atomic E-state index is 12.2. The van der Waals surface area contributed by atoms with Gasteiger partial charge in [-0.3, -0.25) is 4.79 Å². The molecule has 0 atom stereocenters. The summed E-state index contributed by atoms with van der Waals surface area (Å²) in [5.41, 5.74) is 3.19. The third-order valence-corrected chi connectivity index (χ3v) is 5.37. The number of nitrogens with one attached hydrogen (secondary N) is 2. The predicted octanol–water partition coefficient (Wildman–Crippen LogP) is 3.54. The number of nitrogens with zero attached hydrogens (tertiary/aromatic N) is 1. The van der Waals surface area contributed by atoms with Crippen LogP contribution in [0.5, 0.6) is 5.75 Å². The topological polar surface area (TPSA) is 70.7 Å². The van der Waals surface area contributed by atoms with Gasteiger partial charge in [-0.1, -0.05) is 53.7 Å². The summed E-state index contributed by atoms with van der Waals surface area (Å²) in [5, 5.41) is 6.09. The molecular formula is C21H25N3O3S. The fourth-order valence-electron chi connectivity index (χ4n) is 2.88. The Bertz CT molecular complexity index is 805. The van der Waals surface area contributed by atoms with Gasteiger partial charge in [0.1, 0.15) is 5.75 Å². The van der Waals surface area contributed by atoms with Gasteiger partial charge in [0.15, 0.2) is 0 Å². The zero-order valence-corrected chi connectivity index (χ0v) is 16.8. The first-order valence-corrected chi connectivity index (χ1v) is 10.3. The van der Waals surface area contributed by atoms with Crippen LogP contribution < -0.4 is 15.4 Å². The third kappa shape index (κ3) is 6.28. The van der Waals surface area contributed by atoms with Crippen molar-refractivity contribution in [3.05, 3.63) is 65.2 Å². The highest BCUT2D eigenvalue weighted by atomic mass is 32.2. The minimum atomic E-state index is -0.488. The second kappa shape index (κ2) is 10.1. The first-order chi connectivity index (χ1) is 13.6. The second-order valence-corrected chi connectivity index (χ2v) is 7.59. The first-order valence-electron chi connectivity index (χ1n) is 9.33. The molecule has 0 aromatic heterocycles. The van der Waals surface area contributed by atoms with Gasteiger partial charge in [-0.2, -0.15) is 0 Å². The summed E-state index contributed by atoms with van der Waals surface area (Å²) < 4.78 is 5.30. The number of benzene rings is 2. The number of ether oxygens (including phenoxy) is 1. The highest BCUT2D eigenvalue weighted by molar-refractivity contribution is 8.12. The fraction of sp³-hybridized carbons (Fsp3) is 0.333. The van der Waals surface area contributed by atoms with Crippen molar-refractivity contribution in [2.45, 2.75) is 19.2 Å². The quantitative estimate of drug-likeness (QED) is 0.805. The van der Waals surface area contributed by atoms with E-state index in [0.29, 0.717) is 18.0 Å². The highest BCUT2D eigenvalue weighted by Gasteiger charge is 2.16. The molecule has 6 nitrogen and oxygen atoms in total. The standard InChI is InChI=1S/C21H25N3O3S/c1-16-3-2-4-18(13-16)14-23-20(25)27-19-7-5-17(6-8-19)15-28-21(26)24-11-9-22-10-12-24/h2-8,13,22H,9-12,14-15H2,1H3,(H,23,25). The summed E-state index contributed by atoms with van der Waals surface area (Å²) >= 11 is 1.30. The van der Waals surface area contributed by atoms with Gasteiger partial charge in [0.05, 0.1) is 0 Å². The summed E-state index contributed by atoms with van der Waals surface area (Å²) in [6.07, 6.45) is -0.488. The van der Waals surface area contributed by atoms with Gasteiger partial charge < -0.3 is 20.3 Å². The molecule has 1 heterocycles. The highest BCUT2D eigenvalue weighted by Crippen LogP contribution is 2.19. The van der Waals surface area contributed by atoms with Crippen molar-refractivity contribution in [1.82, 2.24) is 15.5 Å². The van der Waals surface area contributed by atoms with Gasteiger partial charge >= 0.3 is 6.09 Å². The molecule has 1 aliphatic heterocycles. The van der Waals surface area contributed by atoms with Gasteiger partial charge in [-0.15, -0.1) is 0 Å². The zero-order valence-electron chi connectivity index (χ0n) is 15.9. The monoisotopic (exact) mass is 399 g/mol. The van der Waals surface area contributed by atoms with Gasteiger partial charge in [-0.05, 0) is 30.2 Å². The number of hydrogen-bond acceptors (Lipinski definition) is 5. The molecule has 0 aliphatic carbocycles. The summed E-state index contributed by atoms with van der Waals surface area (Å²) in [6.45, 7) is 5.66. The minimum absolute atomic E-state index is 0.109. The molecule has 0 radical (unpaired) electrons. The van der Waals surface area contributed by atoms with E-state index in [4.69, 9.17) is 4.74 Å². The van der Waals surface area contributed by atoms with Crippen LogP contribution >= 0.6 is 11.8 Å². The number of piperazine rings is 1. The van der Waals surface area contributed by atoms with Crippen LogP contribution in [0.4, 0.5) is 9.59 Å². The van der Waals surface area contributed by atoms with Crippen molar-refractivity contribution in [3.63, 3.8) is 0 Å². The number of carbonyl (C=O) groups is 2. The Morgan fingerprint density at radius 1 is 1.11 bits per heavy atom. The summed E-state index contributed by atoms with van der Waals surface area (Å²) in [4.78, 5) is 26.0. The summed E-state index contributed by atoms with van der Waals surface area (Å²) in [7, 11) is 0.